The fraction of sp³-hybridized carbons (Fsp3) is 0.500. The highest BCUT2D eigenvalue weighted by Crippen LogP contribution is 2.34. The average molecular weight is 283 g/mol. The van der Waals surface area contributed by atoms with Crippen LogP contribution in [0.2, 0.25) is 0 Å². The van der Waals surface area contributed by atoms with Crippen molar-refractivity contribution in [3.8, 4) is 5.75 Å². The van der Waals surface area contributed by atoms with E-state index < -0.39 is 6.61 Å². The molecule has 20 heavy (non-hydrogen) atoms. The molecule has 0 amide bonds. The van der Waals surface area contributed by atoms with Crippen molar-refractivity contribution in [1.29, 1.82) is 0 Å². The number of hydrogen-bond acceptors (Lipinski definition) is 4. The minimum Gasteiger partial charge on any atom is -0.464 e. The Bertz CT molecular complexity index is 521. The highest BCUT2D eigenvalue weighted by atomic mass is 19.3. The molecule has 0 spiro atoms. The summed E-state index contributed by atoms with van der Waals surface area (Å²) in [5, 5.41) is 0. The number of benzene rings is 1. The molecule has 0 saturated carbocycles. The smallest absolute Gasteiger partial charge is 0.387 e. The molecule has 2 aliphatic rings. The zero-order valence-corrected chi connectivity index (χ0v) is 10.9. The Kier molecular flexibility index (Phi) is 3.46. The number of rotatable bonds is 3. The third-order valence-corrected chi connectivity index (χ3v) is 3.71. The standard InChI is InChI=1S/C14H15F2NO3/c15-14(16)20-10-3-4-11-9(8-10)2-1-6-17(11)12-5-7-19-13(12)18/h3-4,8,12,14H,1-2,5-7H2/t12-/m0/s1. The van der Waals surface area contributed by atoms with Crippen LogP contribution in [0.4, 0.5) is 14.5 Å². The first kappa shape index (κ1) is 13.1. The maximum Gasteiger partial charge on any atom is 0.387 e. The van der Waals surface area contributed by atoms with E-state index in [1.54, 1.807) is 12.1 Å². The molecule has 1 saturated heterocycles. The summed E-state index contributed by atoms with van der Waals surface area (Å²) in [6.07, 6.45) is 2.36. The summed E-state index contributed by atoms with van der Waals surface area (Å²) in [6, 6.07) is 4.64. The molecular weight excluding hydrogens is 268 g/mol. The molecule has 1 atom stereocenters. The van der Waals surface area contributed by atoms with Crippen LogP contribution in [-0.2, 0) is 16.0 Å². The number of hydrogen-bond donors (Lipinski definition) is 0. The highest BCUT2D eigenvalue weighted by molar-refractivity contribution is 5.82. The lowest BCUT2D eigenvalue weighted by Gasteiger charge is -2.34. The Morgan fingerprint density at radius 2 is 2.25 bits per heavy atom. The molecule has 0 aromatic heterocycles. The van der Waals surface area contributed by atoms with Gasteiger partial charge in [0.2, 0.25) is 0 Å². The summed E-state index contributed by atoms with van der Waals surface area (Å²) in [4.78, 5) is 13.7. The number of anilines is 1. The normalized spacial score (nSPS) is 21.9. The molecule has 4 nitrogen and oxygen atoms in total. The van der Waals surface area contributed by atoms with Crippen molar-refractivity contribution in [1.82, 2.24) is 0 Å². The zero-order chi connectivity index (χ0) is 14.1. The summed E-state index contributed by atoms with van der Waals surface area (Å²) in [7, 11) is 0. The second kappa shape index (κ2) is 5.26. The van der Waals surface area contributed by atoms with Crippen LogP contribution in [0, 0.1) is 0 Å². The van der Waals surface area contributed by atoms with Gasteiger partial charge in [-0.05, 0) is 36.6 Å². The second-order valence-electron chi connectivity index (χ2n) is 4.94. The van der Waals surface area contributed by atoms with Crippen molar-refractivity contribution >= 4 is 11.7 Å². The van der Waals surface area contributed by atoms with E-state index in [-0.39, 0.29) is 17.8 Å². The maximum absolute atomic E-state index is 12.2. The topological polar surface area (TPSA) is 38.8 Å². The Morgan fingerprint density at radius 1 is 1.40 bits per heavy atom. The summed E-state index contributed by atoms with van der Waals surface area (Å²) in [5.74, 6) is -0.0413. The Balaban J connectivity index is 1.87. The van der Waals surface area contributed by atoms with E-state index in [2.05, 4.69) is 4.74 Å². The molecule has 3 rings (SSSR count). The van der Waals surface area contributed by atoms with Crippen LogP contribution in [0.1, 0.15) is 18.4 Å². The molecule has 108 valence electrons. The van der Waals surface area contributed by atoms with Crippen LogP contribution in [0.5, 0.6) is 5.75 Å². The lowest BCUT2D eigenvalue weighted by atomic mass is 9.99. The molecular formula is C14H15F2NO3. The van der Waals surface area contributed by atoms with Gasteiger partial charge in [-0.25, -0.2) is 4.79 Å². The van der Waals surface area contributed by atoms with Gasteiger partial charge in [-0.2, -0.15) is 8.78 Å². The van der Waals surface area contributed by atoms with E-state index in [0.29, 0.717) is 13.0 Å². The largest absolute Gasteiger partial charge is 0.464 e. The van der Waals surface area contributed by atoms with E-state index >= 15 is 0 Å². The van der Waals surface area contributed by atoms with Crippen LogP contribution >= 0.6 is 0 Å². The fourth-order valence-electron chi connectivity index (χ4n) is 2.87. The zero-order valence-electron chi connectivity index (χ0n) is 10.9. The van der Waals surface area contributed by atoms with Crippen LogP contribution in [0.15, 0.2) is 18.2 Å². The van der Waals surface area contributed by atoms with E-state index in [1.165, 1.54) is 6.07 Å². The first-order valence-corrected chi connectivity index (χ1v) is 6.66. The number of aryl methyl sites for hydroxylation is 1. The second-order valence-corrected chi connectivity index (χ2v) is 4.94. The van der Waals surface area contributed by atoms with Gasteiger partial charge in [-0.15, -0.1) is 0 Å². The van der Waals surface area contributed by atoms with E-state index in [0.717, 1.165) is 30.6 Å². The SMILES string of the molecule is O=C1OCC[C@@H]1N1CCCc2cc(OC(F)F)ccc21. The molecule has 6 heteroatoms. The van der Waals surface area contributed by atoms with Crippen molar-refractivity contribution in [2.75, 3.05) is 18.1 Å². The average Bonchev–Trinajstić information content (AvgIpc) is 2.83. The molecule has 1 aromatic carbocycles. The number of cyclic esters (lactones) is 1. The number of ether oxygens (including phenoxy) is 2. The Labute approximate surface area is 115 Å². The van der Waals surface area contributed by atoms with Gasteiger partial charge in [0.05, 0.1) is 6.61 Å². The molecule has 0 bridgehead atoms. The highest BCUT2D eigenvalue weighted by Gasteiger charge is 2.34. The van der Waals surface area contributed by atoms with Gasteiger partial charge >= 0.3 is 12.6 Å². The molecule has 2 heterocycles. The van der Waals surface area contributed by atoms with E-state index in [4.69, 9.17) is 4.74 Å². The number of alkyl halides is 2. The molecule has 2 aliphatic heterocycles. The minimum atomic E-state index is -2.82. The maximum atomic E-state index is 12.2. The van der Waals surface area contributed by atoms with Gasteiger partial charge in [-0.1, -0.05) is 0 Å². The Hall–Kier alpha value is -1.85. The van der Waals surface area contributed by atoms with Gasteiger partial charge < -0.3 is 14.4 Å². The third kappa shape index (κ3) is 2.42. The molecule has 0 unspecified atom stereocenters. The number of carbonyl (C=O) groups is 1. The molecule has 0 N–H and O–H groups in total. The van der Waals surface area contributed by atoms with Gasteiger partial charge in [0.25, 0.3) is 0 Å². The van der Waals surface area contributed by atoms with Crippen molar-refractivity contribution < 1.29 is 23.0 Å². The number of carbonyl (C=O) groups excluding carboxylic acids is 1. The van der Waals surface area contributed by atoms with E-state index in [9.17, 15) is 13.6 Å². The Morgan fingerprint density at radius 3 is 2.95 bits per heavy atom. The van der Waals surface area contributed by atoms with Crippen molar-refractivity contribution in [2.45, 2.75) is 31.9 Å². The molecule has 1 aromatic rings. The van der Waals surface area contributed by atoms with Crippen LogP contribution in [0.3, 0.4) is 0 Å². The third-order valence-electron chi connectivity index (χ3n) is 3.71. The first-order chi connectivity index (χ1) is 9.65. The van der Waals surface area contributed by atoms with Crippen molar-refractivity contribution in [3.63, 3.8) is 0 Å². The fourth-order valence-corrected chi connectivity index (χ4v) is 2.87. The number of esters is 1. The number of halogens is 2. The summed E-state index contributed by atoms with van der Waals surface area (Å²) >= 11 is 0. The summed E-state index contributed by atoms with van der Waals surface area (Å²) in [6.45, 7) is -1.60. The first-order valence-electron chi connectivity index (χ1n) is 6.66. The lowest BCUT2D eigenvalue weighted by molar-refractivity contribution is -0.139. The monoisotopic (exact) mass is 283 g/mol. The van der Waals surface area contributed by atoms with Crippen molar-refractivity contribution in [2.24, 2.45) is 0 Å². The van der Waals surface area contributed by atoms with Crippen LogP contribution < -0.4 is 9.64 Å². The lowest BCUT2D eigenvalue weighted by Crippen LogP contribution is -2.41. The van der Waals surface area contributed by atoms with E-state index in [1.807, 2.05) is 4.90 Å². The molecule has 1 fully saturated rings. The van der Waals surface area contributed by atoms with Gasteiger partial charge in [0, 0.05) is 18.7 Å². The summed E-state index contributed by atoms with van der Waals surface area (Å²) < 4.78 is 33.9. The van der Waals surface area contributed by atoms with Gasteiger partial charge in [-0.3, -0.25) is 0 Å². The minimum absolute atomic E-state index is 0.162. The van der Waals surface area contributed by atoms with Crippen molar-refractivity contribution in [3.05, 3.63) is 23.8 Å². The predicted molar refractivity (Wildman–Crippen MR) is 68.1 cm³/mol. The quantitative estimate of drug-likeness (QED) is 0.798. The van der Waals surface area contributed by atoms with Gasteiger partial charge in [0.1, 0.15) is 11.8 Å². The predicted octanol–water partition coefficient (Wildman–Crippen LogP) is 2.36. The number of nitrogens with zero attached hydrogens (tertiary/aromatic N) is 1. The van der Waals surface area contributed by atoms with Gasteiger partial charge in [0.15, 0.2) is 0 Å². The summed E-state index contributed by atoms with van der Waals surface area (Å²) in [5.41, 5.74) is 1.86. The van der Waals surface area contributed by atoms with Crippen LogP contribution in [0.25, 0.3) is 0 Å². The van der Waals surface area contributed by atoms with Crippen LogP contribution in [-0.4, -0.2) is 31.8 Å². The molecule has 0 aliphatic carbocycles. The number of fused-ring (bicyclic) bond motifs is 1. The molecule has 0 radical (unpaired) electrons.